The van der Waals surface area contributed by atoms with Gasteiger partial charge in [0.25, 0.3) is 0 Å². The van der Waals surface area contributed by atoms with Crippen LogP contribution in [0.1, 0.15) is 33.3 Å². The molecule has 116 valence electrons. The first-order chi connectivity index (χ1) is 9.60. The minimum absolute atomic E-state index is 0. The van der Waals surface area contributed by atoms with Crippen molar-refractivity contribution in [2.45, 2.75) is 58.7 Å². The molecular weight excluding hydrogens is 273 g/mol. The summed E-state index contributed by atoms with van der Waals surface area (Å²) in [5.74, 6) is -0.274. The summed E-state index contributed by atoms with van der Waals surface area (Å²) in [6.07, 6.45) is 0.260. The Morgan fingerprint density at radius 3 is 2.67 bits per heavy atom. The smallest absolute Gasteiger partial charge is 0.123 e. The van der Waals surface area contributed by atoms with Crippen molar-refractivity contribution in [1.29, 1.82) is 0 Å². The van der Waals surface area contributed by atoms with Crippen LogP contribution in [0.4, 0.5) is 4.39 Å². The van der Waals surface area contributed by atoms with E-state index in [2.05, 4.69) is 10.0 Å². The first-order valence-corrected chi connectivity index (χ1v) is 6.66. The van der Waals surface area contributed by atoms with Gasteiger partial charge in [-0.3, -0.25) is 0 Å². The summed E-state index contributed by atoms with van der Waals surface area (Å²) in [5.41, 5.74) is 9.52. The normalized spacial score (nSPS) is 28.3. The van der Waals surface area contributed by atoms with Crippen molar-refractivity contribution in [3.63, 3.8) is 0 Å². The lowest BCUT2D eigenvalue weighted by atomic mass is 9.97. The van der Waals surface area contributed by atoms with Gasteiger partial charge in [-0.05, 0) is 43.5 Å². The summed E-state index contributed by atoms with van der Waals surface area (Å²) in [6.45, 7) is 4.20. The molecule has 1 aromatic rings. The SMILES string of the molecule is C.CC1CC(N=[N+]=[N-])C(OCc2ccc(F)cc2)C(C)O1. The van der Waals surface area contributed by atoms with Crippen LogP contribution in [0.2, 0.25) is 0 Å². The molecule has 1 aliphatic heterocycles. The number of ether oxygens (including phenoxy) is 2. The van der Waals surface area contributed by atoms with Crippen LogP contribution >= 0.6 is 0 Å². The lowest BCUT2D eigenvalue weighted by molar-refractivity contribution is -0.139. The van der Waals surface area contributed by atoms with Gasteiger partial charge in [0.15, 0.2) is 0 Å². The number of halogens is 1. The van der Waals surface area contributed by atoms with E-state index in [1.165, 1.54) is 12.1 Å². The van der Waals surface area contributed by atoms with Gasteiger partial charge in [-0.25, -0.2) is 4.39 Å². The van der Waals surface area contributed by atoms with Gasteiger partial charge >= 0.3 is 0 Å². The molecule has 1 saturated heterocycles. The van der Waals surface area contributed by atoms with Gasteiger partial charge in [0.05, 0.1) is 31.0 Å². The fourth-order valence-corrected chi connectivity index (χ4v) is 2.49. The number of benzene rings is 1. The summed E-state index contributed by atoms with van der Waals surface area (Å²) in [7, 11) is 0. The van der Waals surface area contributed by atoms with E-state index in [4.69, 9.17) is 15.0 Å². The molecule has 21 heavy (non-hydrogen) atoms. The monoisotopic (exact) mass is 295 g/mol. The Bertz CT molecular complexity index is 488. The van der Waals surface area contributed by atoms with Crippen molar-refractivity contribution in [3.8, 4) is 0 Å². The van der Waals surface area contributed by atoms with E-state index in [1.807, 2.05) is 13.8 Å². The second-order valence-corrected chi connectivity index (χ2v) is 5.06. The highest BCUT2D eigenvalue weighted by molar-refractivity contribution is 5.15. The lowest BCUT2D eigenvalue weighted by Crippen LogP contribution is -2.46. The molecule has 0 bridgehead atoms. The van der Waals surface area contributed by atoms with Crippen LogP contribution < -0.4 is 0 Å². The molecule has 0 saturated carbocycles. The average Bonchev–Trinajstić information content (AvgIpc) is 2.40. The largest absolute Gasteiger partial charge is 0.373 e. The topological polar surface area (TPSA) is 67.2 Å². The Balaban J connectivity index is 0.00000220. The zero-order valence-electron chi connectivity index (χ0n) is 11.6. The molecule has 0 N–H and O–H groups in total. The maximum Gasteiger partial charge on any atom is 0.123 e. The van der Waals surface area contributed by atoms with Gasteiger partial charge in [-0.2, -0.15) is 0 Å². The molecule has 0 amide bonds. The second kappa shape index (κ2) is 7.98. The molecule has 4 atom stereocenters. The Kier molecular flexibility index (Phi) is 6.62. The van der Waals surface area contributed by atoms with Crippen LogP contribution in [0.25, 0.3) is 10.4 Å². The van der Waals surface area contributed by atoms with Gasteiger partial charge in [-0.15, -0.1) is 0 Å². The van der Waals surface area contributed by atoms with Crippen LogP contribution in [-0.2, 0) is 16.1 Å². The molecule has 0 aromatic heterocycles. The molecule has 2 rings (SSSR count). The minimum Gasteiger partial charge on any atom is -0.373 e. The first kappa shape index (κ1) is 17.4. The fourth-order valence-electron chi connectivity index (χ4n) is 2.49. The molecular formula is C15H22FN3O2. The predicted octanol–water partition coefficient (Wildman–Crippen LogP) is 4.22. The van der Waals surface area contributed by atoms with Crippen LogP contribution in [0.5, 0.6) is 0 Å². The maximum absolute atomic E-state index is 12.8. The van der Waals surface area contributed by atoms with Crippen molar-refractivity contribution >= 4 is 0 Å². The molecule has 0 radical (unpaired) electrons. The zero-order chi connectivity index (χ0) is 14.5. The van der Waals surface area contributed by atoms with Crippen LogP contribution in [0, 0.1) is 5.82 Å². The molecule has 1 aromatic carbocycles. The van der Waals surface area contributed by atoms with Crippen LogP contribution in [0.15, 0.2) is 29.4 Å². The Hall–Kier alpha value is -1.62. The summed E-state index contributed by atoms with van der Waals surface area (Å²) >= 11 is 0. The van der Waals surface area contributed by atoms with E-state index in [-0.39, 0.29) is 37.6 Å². The molecule has 0 aliphatic carbocycles. The molecule has 1 fully saturated rings. The van der Waals surface area contributed by atoms with E-state index in [0.717, 1.165) is 5.56 Å². The van der Waals surface area contributed by atoms with Gasteiger partial charge in [0.2, 0.25) is 0 Å². The lowest BCUT2D eigenvalue weighted by Gasteiger charge is -2.37. The predicted molar refractivity (Wildman–Crippen MR) is 79.3 cm³/mol. The van der Waals surface area contributed by atoms with E-state index >= 15 is 0 Å². The number of nitrogens with zero attached hydrogens (tertiary/aromatic N) is 3. The molecule has 4 unspecified atom stereocenters. The Labute approximate surface area is 124 Å². The van der Waals surface area contributed by atoms with E-state index in [0.29, 0.717) is 13.0 Å². The van der Waals surface area contributed by atoms with Gasteiger partial charge in [0, 0.05) is 4.91 Å². The fraction of sp³-hybridized carbons (Fsp3) is 0.600. The Morgan fingerprint density at radius 1 is 1.38 bits per heavy atom. The number of hydrogen-bond acceptors (Lipinski definition) is 3. The highest BCUT2D eigenvalue weighted by atomic mass is 19.1. The van der Waals surface area contributed by atoms with Crippen molar-refractivity contribution < 1.29 is 13.9 Å². The third-order valence-corrected chi connectivity index (χ3v) is 3.42. The summed E-state index contributed by atoms with van der Waals surface area (Å²) in [4.78, 5) is 2.88. The summed E-state index contributed by atoms with van der Waals surface area (Å²) in [5, 5.41) is 3.81. The van der Waals surface area contributed by atoms with E-state index in [1.54, 1.807) is 12.1 Å². The quantitative estimate of drug-likeness (QED) is 0.474. The van der Waals surface area contributed by atoms with E-state index < -0.39 is 0 Å². The molecule has 1 heterocycles. The van der Waals surface area contributed by atoms with Crippen LogP contribution in [-0.4, -0.2) is 24.4 Å². The van der Waals surface area contributed by atoms with Gasteiger partial charge in [0.1, 0.15) is 5.82 Å². The van der Waals surface area contributed by atoms with Crippen molar-refractivity contribution in [2.75, 3.05) is 0 Å². The molecule has 0 spiro atoms. The highest BCUT2D eigenvalue weighted by Crippen LogP contribution is 2.26. The van der Waals surface area contributed by atoms with Crippen molar-refractivity contribution in [2.24, 2.45) is 5.11 Å². The summed E-state index contributed by atoms with van der Waals surface area (Å²) < 4.78 is 24.4. The Morgan fingerprint density at radius 2 is 2.05 bits per heavy atom. The molecule has 5 nitrogen and oxygen atoms in total. The third kappa shape index (κ3) is 4.70. The van der Waals surface area contributed by atoms with Crippen molar-refractivity contribution in [3.05, 3.63) is 46.1 Å². The minimum atomic E-state index is -0.285. The highest BCUT2D eigenvalue weighted by Gasteiger charge is 2.35. The zero-order valence-corrected chi connectivity index (χ0v) is 11.6. The second-order valence-electron chi connectivity index (χ2n) is 5.06. The van der Waals surface area contributed by atoms with Crippen molar-refractivity contribution in [1.82, 2.24) is 0 Å². The first-order valence-electron chi connectivity index (χ1n) is 6.66. The maximum atomic E-state index is 12.8. The average molecular weight is 295 g/mol. The van der Waals surface area contributed by atoms with Crippen LogP contribution in [0.3, 0.4) is 0 Å². The third-order valence-electron chi connectivity index (χ3n) is 3.42. The van der Waals surface area contributed by atoms with E-state index in [9.17, 15) is 4.39 Å². The number of hydrogen-bond donors (Lipinski definition) is 0. The summed E-state index contributed by atoms with van der Waals surface area (Å²) in [6, 6.07) is 5.90. The molecule has 6 heteroatoms. The standard InChI is InChI=1S/C14H18FN3O2.CH4/c1-9-7-13(17-18-16)14(10(2)20-9)19-8-11-3-5-12(15)6-4-11;/h3-6,9-10,13-14H,7-8H2,1-2H3;1H4. The number of azide groups is 1. The number of rotatable bonds is 4. The molecule has 1 aliphatic rings. The van der Waals surface area contributed by atoms with Gasteiger partial charge in [-0.1, -0.05) is 24.7 Å². The van der Waals surface area contributed by atoms with Gasteiger partial charge < -0.3 is 9.47 Å².